The first kappa shape index (κ1) is 22.3. The van der Waals surface area contributed by atoms with E-state index in [1.165, 1.54) is 12.1 Å². The molecule has 0 aliphatic heterocycles. The van der Waals surface area contributed by atoms with E-state index in [9.17, 15) is 14.0 Å². The Morgan fingerprint density at radius 2 is 1.82 bits per heavy atom. The van der Waals surface area contributed by atoms with Crippen LogP contribution in [0.1, 0.15) is 37.0 Å². The van der Waals surface area contributed by atoms with Crippen molar-refractivity contribution in [1.82, 2.24) is 14.1 Å². The van der Waals surface area contributed by atoms with E-state index in [2.05, 4.69) is 10.3 Å². The first-order valence-electron chi connectivity index (χ1n) is 10.7. The topological polar surface area (TPSA) is 78.2 Å². The number of nitrogens with zero attached hydrogens (tertiary/aromatic N) is 3. The number of anilines is 1. The Labute approximate surface area is 190 Å². The maximum absolute atomic E-state index is 13.8. The number of aryl methyl sites for hydroxylation is 2. The maximum atomic E-state index is 13.8. The molecule has 1 amide bonds. The molecule has 1 N–H and O–H groups in total. The van der Waals surface area contributed by atoms with Crippen LogP contribution in [0.2, 0.25) is 0 Å². The van der Waals surface area contributed by atoms with Gasteiger partial charge in [-0.2, -0.15) is 0 Å². The van der Waals surface area contributed by atoms with Gasteiger partial charge in [-0.05, 0) is 62.7 Å². The monoisotopic (exact) mass is 448 g/mol. The second kappa shape index (κ2) is 8.90. The minimum atomic E-state index is -0.402. The molecular formula is C25H25FN4O3. The molecule has 0 aliphatic rings. The van der Waals surface area contributed by atoms with Crippen LogP contribution in [0.25, 0.3) is 16.6 Å². The van der Waals surface area contributed by atoms with E-state index in [1.807, 2.05) is 26.8 Å². The lowest BCUT2D eigenvalue weighted by molar-refractivity contribution is 0.101. The maximum Gasteiger partial charge on any atom is 0.276 e. The Hall–Kier alpha value is -3.94. The van der Waals surface area contributed by atoms with Gasteiger partial charge in [-0.1, -0.05) is 6.92 Å². The van der Waals surface area contributed by atoms with E-state index in [-0.39, 0.29) is 28.9 Å². The Morgan fingerprint density at radius 3 is 2.42 bits per heavy atom. The van der Waals surface area contributed by atoms with Gasteiger partial charge >= 0.3 is 0 Å². The fraction of sp³-hybridized carbons (Fsp3) is 0.240. The molecule has 0 saturated heterocycles. The van der Waals surface area contributed by atoms with Crippen molar-refractivity contribution < 1.29 is 13.9 Å². The highest BCUT2D eigenvalue weighted by atomic mass is 19.1. The van der Waals surface area contributed by atoms with Gasteiger partial charge in [0.25, 0.3) is 11.5 Å². The zero-order valence-corrected chi connectivity index (χ0v) is 18.9. The molecule has 3 aromatic heterocycles. The number of benzene rings is 1. The van der Waals surface area contributed by atoms with Crippen LogP contribution < -0.4 is 15.6 Å². The number of pyridine rings is 2. The molecule has 7 nitrogen and oxygen atoms in total. The lowest BCUT2D eigenvalue weighted by Gasteiger charge is -2.14. The normalized spacial score (nSPS) is 11.2. The van der Waals surface area contributed by atoms with Crippen LogP contribution in [0.4, 0.5) is 10.1 Å². The average molecular weight is 448 g/mol. The Kier molecular flexibility index (Phi) is 6.00. The number of carbonyl (C=O) groups excluding carboxylic acids is 1. The predicted octanol–water partition coefficient (Wildman–Crippen LogP) is 4.47. The summed E-state index contributed by atoms with van der Waals surface area (Å²) in [6, 6.07) is 11.0. The van der Waals surface area contributed by atoms with Crippen LogP contribution in [0.3, 0.4) is 0 Å². The van der Waals surface area contributed by atoms with Crippen molar-refractivity contribution in [3.05, 3.63) is 82.4 Å². The van der Waals surface area contributed by atoms with Crippen molar-refractivity contribution in [3.63, 3.8) is 0 Å². The van der Waals surface area contributed by atoms with Crippen molar-refractivity contribution in [1.29, 1.82) is 0 Å². The molecule has 1 aromatic carbocycles. The molecule has 8 heteroatoms. The largest absolute Gasteiger partial charge is 0.488 e. The standard InChI is InChI=1S/C25H25FN4O3/c1-5-18-14-20-21(25(32)30(18)19-8-6-16(26)7-9-19)23(33-15(2)3)22(29(20)4)24(31)28-17-10-12-27-13-11-17/h6-15H,5H2,1-4H3,(H,27,28,31). The molecule has 0 atom stereocenters. The fourth-order valence-electron chi connectivity index (χ4n) is 3.88. The van der Waals surface area contributed by atoms with Crippen LogP contribution in [0.5, 0.6) is 5.75 Å². The second-order valence-electron chi connectivity index (χ2n) is 7.96. The number of fused-ring (bicyclic) bond motifs is 1. The summed E-state index contributed by atoms with van der Waals surface area (Å²) in [5.41, 5.74) is 2.36. The summed E-state index contributed by atoms with van der Waals surface area (Å²) in [5, 5.41) is 3.14. The van der Waals surface area contributed by atoms with Crippen LogP contribution in [0.15, 0.2) is 59.7 Å². The average Bonchev–Trinajstić information content (AvgIpc) is 3.06. The molecule has 0 fully saturated rings. The summed E-state index contributed by atoms with van der Waals surface area (Å²) in [7, 11) is 1.73. The molecule has 4 aromatic rings. The molecule has 0 saturated carbocycles. The van der Waals surface area contributed by atoms with Crippen molar-refractivity contribution >= 4 is 22.5 Å². The highest BCUT2D eigenvalue weighted by Gasteiger charge is 2.27. The fourth-order valence-corrected chi connectivity index (χ4v) is 3.88. The summed E-state index contributed by atoms with van der Waals surface area (Å²) in [6.45, 7) is 5.61. The van der Waals surface area contributed by atoms with Gasteiger partial charge in [0.1, 0.15) is 11.2 Å². The third-order valence-corrected chi connectivity index (χ3v) is 5.36. The predicted molar refractivity (Wildman–Crippen MR) is 126 cm³/mol. The first-order chi connectivity index (χ1) is 15.8. The van der Waals surface area contributed by atoms with Gasteiger partial charge in [0, 0.05) is 36.5 Å². The second-order valence-corrected chi connectivity index (χ2v) is 7.96. The van der Waals surface area contributed by atoms with E-state index in [1.54, 1.807) is 52.8 Å². The highest BCUT2D eigenvalue weighted by molar-refractivity contribution is 6.10. The zero-order chi connectivity index (χ0) is 23.7. The van der Waals surface area contributed by atoms with Crippen molar-refractivity contribution in [2.45, 2.75) is 33.3 Å². The van der Waals surface area contributed by atoms with E-state index >= 15 is 0 Å². The quantitative estimate of drug-likeness (QED) is 0.472. The van der Waals surface area contributed by atoms with E-state index < -0.39 is 5.91 Å². The minimum Gasteiger partial charge on any atom is -0.488 e. The molecular weight excluding hydrogens is 423 g/mol. The minimum absolute atomic E-state index is 0.220. The van der Waals surface area contributed by atoms with E-state index in [4.69, 9.17) is 4.74 Å². The number of amides is 1. The lowest BCUT2D eigenvalue weighted by Crippen LogP contribution is -2.22. The number of rotatable bonds is 6. The molecule has 33 heavy (non-hydrogen) atoms. The summed E-state index contributed by atoms with van der Waals surface area (Å²) >= 11 is 0. The van der Waals surface area contributed by atoms with Gasteiger partial charge in [0.05, 0.1) is 11.6 Å². The first-order valence-corrected chi connectivity index (χ1v) is 10.7. The van der Waals surface area contributed by atoms with Crippen LogP contribution >= 0.6 is 0 Å². The smallest absolute Gasteiger partial charge is 0.276 e. The summed E-state index contributed by atoms with van der Waals surface area (Å²) in [6.07, 6.45) is 3.45. The number of hydrogen-bond acceptors (Lipinski definition) is 4. The van der Waals surface area contributed by atoms with Gasteiger partial charge < -0.3 is 14.6 Å². The van der Waals surface area contributed by atoms with Gasteiger partial charge in [0.2, 0.25) is 0 Å². The van der Waals surface area contributed by atoms with Crippen LogP contribution in [-0.2, 0) is 13.5 Å². The summed E-state index contributed by atoms with van der Waals surface area (Å²) < 4.78 is 22.8. The SMILES string of the molecule is CCc1cc2c(c(OC(C)C)c(C(=O)Nc3ccncc3)n2C)c(=O)n1-c1ccc(F)cc1. The van der Waals surface area contributed by atoms with Gasteiger partial charge in [-0.15, -0.1) is 0 Å². The number of nitrogens with one attached hydrogen (secondary N) is 1. The number of halogens is 1. The van der Waals surface area contributed by atoms with Crippen molar-refractivity contribution in [3.8, 4) is 11.4 Å². The third kappa shape index (κ3) is 4.11. The number of hydrogen-bond donors (Lipinski definition) is 1. The van der Waals surface area contributed by atoms with Crippen molar-refractivity contribution in [2.75, 3.05) is 5.32 Å². The number of aromatic nitrogens is 3. The molecule has 0 aliphatic carbocycles. The summed E-state index contributed by atoms with van der Waals surface area (Å²) in [4.78, 5) is 31.0. The molecule has 0 spiro atoms. The third-order valence-electron chi connectivity index (χ3n) is 5.36. The van der Waals surface area contributed by atoms with Gasteiger partial charge in [-0.3, -0.25) is 19.1 Å². The van der Waals surface area contributed by atoms with E-state index in [0.29, 0.717) is 28.7 Å². The van der Waals surface area contributed by atoms with Gasteiger partial charge in [-0.25, -0.2) is 4.39 Å². The van der Waals surface area contributed by atoms with Crippen molar-refractivity contribution in [2.24, 2.45) is 7.05 Å². The highest BCUT2D eigenvalue weighted by Crippen LogP contribution is 2.33. The molecule has 0 unspecified atom stereocenters. The van der Waals surface area contributed by atoms with Crippen LogP contribution in [-0.4, -0.2) is 26.1 Å². The lowest BCUT2D eigenvalue weighted by atomic mass is 10.2. The molecule has 0 bridgehead atoms. The number of ether oxygens (including phenoxy) is 1. The molecule has 170 valence electrons. The Bertz CT molecular complexity index is 1370. The van der Waals surface area contributed by atoms with Gasteiger partial charge in [0.15, 0.2) is 11.4 Å². The van der Waals surface area contributed by atoms with E-state index in [0.717, 1.165) is 5.69 Å². The Morgan fingerprint density at radius 1 is 1.15 bits per heavy atom. The Balaban J connectivity index is 1.98. The molecule has 3 heterocycles. The molecule has 0 radical (unpaired) electrons. The zero-order valence-electron chi connectivity index (χ0n) is 18.9. The summed E-state index contributed by atoms with van der Waals surface area (Å²) in [5.74, 6) is -0.566. The van der Waals surface area contributed by atoms with Crippen LogP contribution in [0, 0.1) is 5.82 Å². The number of carbonyl (C=O) groups is 1. The molecule has 4 rings (SSSR count).